The third-order valence-electron chi connectivity index (χ3n) is 1.27. The average Bonchev–Trinajstić information content (AvgIpc) is 2.17. The van der Waals surface area contributed by atoms with Crippen LogP contribution in [0.25, 0.3) is 0 Å². The Hall–Kier alpha value is -1.66. The highest BCUT2D eigenvalue weighted by Crippen LogP contribution is 2.06. The molecule has 0 aliphatic carbocycles. The van der Waals surface area contributed by atoms with Gasteiger partial charge < -0.3 is 0 Å². The molecule has 0 aromatic carbocycles. The first-order chi connectivity index (χ1) is 5.75. The van der Waals surface area contributed by atoms with Gasteiger partial charge in [0.2, 0.25) is 0 Å². The number of nitrogens with two attached hydrogens (primary N) is 2. The summed E-state index contributed by atoms with van der Waals surface area (Å²) in [6.45, 7) is 0. The van der Waals surface area contributed by atoms with Gasteiger partial charge in [-0.05, 0) is 12.1 Å². The average molecular weight is 167 g/mol. The first-order valence-corrected chi connectivity index (χ1v) is 3.21. The molecule has 1 aromatic heterocycles. The van der Waals surface area contributed by atoms with Gasteiger partial charge in [0.25, 0.3) is 0 Å². The molecule has 64 valence electrons. The lowest BCUT2D eigenvalue weighted by Crippen LogP contribution is -2.47. The van der Waals surface area contributed by atoms with Gasteiger partial charge in [-0.1, -0.05) is 0 Å². The van der Waals surface area contributed by atoms with Crippen LogP contribution in [0.1, 0.15) is 0 Å². The summed E-state index contributed by atoms with van der Waals surface area (Å²) in [5.41, 5.74) is 2.37. The Kier molecular flexibility index (Phi) is 2.57. The molecule has 0 aliphatic rings. The second-order valence-corrected chi connectivity index (χ2v) is 2.03. The molecule has 12 heavy (non-hydrogen) atoms. The molecular weight excluding hydrogens is 158 g/mol. The summed E-state index contributed by atoms with van der Waals surface area (Å²) in [4.78, 5) is 14.6. The molecule has 0 unspecified atom stereocenters. The van der Waals surface area contributed by atoms with Gasteiger partial charge in [0.1, 0.15) is 0 Å². The summed E-state index contributed by atoms with van der Waals surface area (Å²) in [5, 5.41) is 0.868. The number of hydrogen-bond donors (Lipinski definition) is 3. The lowest BCUT2D eigenvalue weighted by atomic mass is 10.4. The van der Waals surface area contributed by atoms with Crippen molar-refractivity contribution in [3.8, 4) is 0 Å². The fraction of sp³-hybridized carbons (Fsp3) is 0. The van der Waals surface area contributed by atoms with Crippen LogP contribution in [0.15, 0.2) is 24.5 Å². The van der Waals surface area contributed by atoms with Crippen LogP contribution < -0.4 is 22.1 Å². The van der Waals surface area contributed by atoms with Crippen molar-refractivity contribution in [1.82, 2.24) is 10.4 Å². The topological polar surface area (TPSA) is 97.3 Å². The molecule has 0 fully saturated rings. The zero-order valence-corrected chi connectivity index (χ0v) is 6.27. The normalized spacial score (nSPS) is 9.17. The molecule has 5 N–H and O–H groups in total. The first kappa shape index (κ1) is 8.44. The Morgan fingerprint density at radius 1 is 1.67 bits per heavy atom. The molecule has 0 saturated carbocycles. The number of carbonyl (C=O) groups is 1. The minimum absolute atomic E-state index is 0.473. The fourth-order valence-corrected chi connectivity index (χ4v) is 0.683. The molecule has 0 saturated heterocycles. The number of pyridine rings is 1. The van der Waals surface area contributed by atoms with Crippen molar-refractivity contribution in [2.75, 3.05) is 5.01 Å². The largest absolute Gasteiger partial charge is 0.350 e. The number of nitrogens with one attached hydrogen (secondary N) is 1. The van der Waals surface area contributed by atoms with Crippen LogP contribution in [0.2, 0.25) is 0 Å². The van der Waals surface area contributed by atoms with E-state index in [-0.39, 0.29) is 0 Å². The lowest BCUT2D eigenvalue weighted by Gasteiger charge is -2.14. The number of nitrogens with zero attached hydrogens (tertiary/aromatic N) is 2. The molecule has 0 bridgehead atoms. The summed E-state index contributed by atoms with van der Waals surface area (Å²) in [6, 6.07) is 2.71. The molecule has 2 amide bonds. The Morgan fingerprint density at radius 2 is 2.42 bits per heavy atom. The van der Waals surface area contributed by atoms with Gasteiger partial charge >= 0.3 is 6.03 Å². The van der Waals surface area contributed by atoms with Crippen LogP contribution in [-0.2, 0) is 0 Å². The van der Waals surface area contributed by atoms with Crippen LogP contribution in [0.5, 0.6) is 0 Å². The van der Waals surface area contributed by atoms with Crippen molar-refractivity contribution >= 4 is 11.7 Å². The zero-order valence-electron chi connectivity index (χ0n) is 6.27. The molecule has 0 aliphatic heterocycles. The van der Waals surface area contributed by atoms with Crippen molar-refractivity contribution in [1.29, 1.82) is 0 Å². The van der Waals surface area contributed by atoms with E-state index in [1.807, 2.05) is 5.43 Å². The predicted octanol–water partition coefficient (Wildman–Crippen LogP) is -0.655. The molecule has 0 atom stereocenters. The molecule has 6 heteroatoms. The number of anilines is 1. The Bertz CT molecular complexity index is 262. The molecule has 1 heterocycles. The van der Waals surface area contributed by atoms with Crippen LogP contribution in [0, 0.1) is 0 Å². The van der Waals surface area contributed by atoms with E-state index >= 15 is 0 Å². The van der Waals surface area contributed by atoms with Gasteiger partial charge in [-0.15, -0.1) is 0 Å². The minimum Gasteiger partial charge on any atom is -0.274 e. The Balaban J connectivity index is 2.78. The quantitative estimate of drug-likeness (QED) is 0.294. The highest BCUT2D eigenvalue weighted by molar-refractivity contribution is 5.89. The maximum atomic E-state index is 10.8. The van der Waals surface area contributed by atoms with Gasteiger partial charge in [-0.25, -0.2) is 21.5 Å². The standard InChI is InChI=1S/C6H9N5O/c7-10-6(12)11(8)5-2-1-3-9-4-5/h1-4H,7-8H2,(H,10,12). The maximum Gasteiger partial charge on any atom is 0.350 e. The van der Waals surface area contributed by atoms with E-state index in [0.29, 0.717) is 5.69 Å². The van der Waals surface area contributed by atoms with E-state index < -0.39 is 6.03 Å². The number of aromatic nitrogens is 1. The lowest BCUT2D eigenvalue weighted by molar-refractivity contribution is 0.246. The van der Waals surface area contributed by atoms with Gasteiger partial charge in [0.15, 0.2) is 0 Å². The number of rotatable bonds is 1. The zero-order chi connectivity index (χ0) is 8.97. The van der Waals surface area contributed by atoms with Gasteiger partial charge in [0.05, 0.1) is 11.9 Å². The molecule has 0 radical (unpaired) electrons. The minimum atomic E-state index is -0.594. The summed E-state index contributed by atoms with van der Waals surface area (Å²) in [6.07, 6.45) is 3.03. The highest BCUT2D eigenvalue weighted by Gasteiger charge is 2.08. The van der Waals surface area contributed by atoms with Crippen molar-refractivity contribution in [2.24, 2.45) is 11.7 Å². The molecule has 0 spiro atoms. The highest BCUT2D eigenvalue weighted by atomic mass is 16.2. The third kappa shape index (κ3) is 1.68. The van der Waals surface area contributed by atoms with Crippen LogP contribution >= 0.6 is 0 Å². The number of amides is 2. The third-order valence-corrected chi connectivity index (χ3v) is 1.27. The summed E-state index contributed by atoms with van der Waals surface area (Å²) >= 11 is 0. The molecule has 6 nitrogen and oxygen atoms in total. The molecule has 1 aromatic rings. The summed E-state index contributed by atoms with van der Waals surface area (Å²) < 4.78 is 0. The molecular formula is C6H9N5O. The number of carbonyl (C=O) groups excluding carboxylic acids is 1. The monoisotopic (exact) mass is 167 g/mol. The van der Waals surface area contributed by atoms with E-state index in [4.69, 9.17) is 11.7 Å². The second kappa shape index (κ2) is 3.65. The summed E-state index contributed by atoms with van der Waals surface area (Å²) in [5.74, 6) is 10.2. The Morgan fingerprint density at radius 3 is 2.92 bits per heavy atom. The van der Waals surface area contributed by atoms with Crippen LogP contribution in [0.3, 0.4) is 0 Å². The van der Waals surface area contributed by atoms with Crippen molar-refractivity contribution in [3.63, 3.8) is 0 Å². The predicted molar refractivity (Wildman–Crippen MR) is 43.6 cm³/mol. The summed E-state index contributed by atoms with van der Waals surface area (Å²) in [7, 11) is 0. The number of urea groups is 1. The van der Waals surface area contributed by atoms with Crippen LogP contribution in [-0.4, -0.2) is 11.0 Å². The maximum absolute atomic E-state index is 10.8. The van der Waals surface area contributed by atoms with E-state index in [1.54, 1.807) is 18.3 Å². The van der Waals surface area contributed by atoms with Crippen LogP contribution in [0.4, 0.5) is 10.5 Å². The molecule has 1 rings (SSSR count). The van der Waals surface area contributed by atoms with Gasteiger partial charge in [-0.3, -0.25) is 10.4 Å². The van der Waals surface area contributed by atoms with Gasteiger partial charge in [0, 0.05) is 6.20 Å². The number of hydrazine groups is 2. The van der Waals surface area contributed by atoms with Crippen molar-refractivity contribution < 1.29 is 4.79 Å². The van der Waals surface area contributed by atoms with Gasteiger partial charge in [-0.2, -0.15) is 0 Å². The Labute approximate surface area is 69.1 Å². The SMILES string of the molecule is NNC(=O)N(N)c1cccnc1. The number of hydrogen-bond acceptors (Lipinski definition) is 4. The van der Waals surface area contributed by atoms with E-state index in [9.17, 15) is 4.79 Å². The van der Waals surface area contributed by atoms with E-state index in [1.165, 1.54) is 6.20 Å². The van der Waals surface area contributed by atoms with E-state index in [2.05, 4.69) is 4.98 Å². The fourth-order valence-electron chi connectivity index (χ4n) is 0.683. The van der Waals surface area contributed by atoms with Crippen molar-refractivity contribution in [2.45, 2.75) is 0 Å². The van der Waals surface area contributed by atoms with Crippen molar-refractivity contribution in [3.05, 3.63) is 24.5 Å². The van der Waals surface area contributed by atoms with E-state index in [0.717, 1.165) is 5.01 Å². The smallest absolute Gasteiger partial charge is 0.274 e. The second-order valence-electron chi connectivity index (χ2n) is 2.03. The first-order valence-electron chi connectivity index (χ1n) is 3.21.